The van der Waals surface area contributed by atoms with E-state index in [2.05, 4.69) is 46.9 Å². The number of methoxy groups -OCH3 is 1. The van der Waals surface area contributed by atoms with E-state index in [-0.39, 0.29) is 11.6 Å². The molecule has 1 aromatic carbocycles. The second-order valence-electron chi connectivity index (χ2n) is 4.91. The van der Waals surface area contributed by atoms with Crippen LogP contribution in [0.3, 0.4) is 0 Å². The standard InChI is InChI=1S/C14H20INO/c1-17-14(8-2-3-9-14)13(16)10-11-4-6-12(15)7-5-11/h4-7,13H,2-3,8-10,16H2,1H3. The van der Waals surface area contributed by atoms with Crippen LogP contribution in [0.4, 0.5) is 0 Å². The highest BCUT2D eigenvalue weighted by Gasteiger charge is 2.39. The molecule has 0 radical (unpaired) electrons. The molecule has 17 heavy (non-hydrogen) atoms. The minimum absolute atomic E-state index is 0.0804. The molecular weight excluding hydrogens is 325 g/mol. The van der Waals surface area contributed by atoms with E-state index >= 15 is 0 Å². The highest BCUT2D eigenvalue weighted by Crippen LogP contribution is 2.35. The van der Waals surface area contributed by atoms with Crippen molar-refractivity contribution >= 4 is 22.6 Å². The molecule has 2 rings (SSSR count). The lowest BCUT2D eigenvalue weighted by Gasteiger charge is -2.34. The number of halogens is 1. The predicted molar refractivity (Wildman–Crippen MR) is 79.0 cm³/mol. The van der Waals surface area contributed by atoms with Gasteiger partial charge in [-0.25, -0.2) is 0 Å². The molecule has 94 valence electrons. The Kier molecular flexibility index (Phi) is 4.44. The molecule has 0 aliphatic heterocycles. The van der Waals surface area contributed by atoms with Gasteiger partial charge >= 0.3 is 0 Å². The molecule has 3 heteroatoms. The zero-order chi connectivity index (χ0) is 12.3. The van der Waals surface area contributed by atoms with Gasteiger partial charge in [0, 0.05) is 16.7 Å². The number of hydrogen-bond donors (Lipinski definition) is 1. The summed E-state index contributed by atoms with van der Waals surface area (Å²) in [5.41, 5.74) is 7.59. The van der Waals surface area contributed by atoms with Gasteiger partial charge in [0.05, 0.1) is 5.60 Å². The SMILES string of the molecule is COC1(C(N)Cc2ccc(I)cc2)CCCC1. The van der Waals surface area contributed by atoms with Crippen LogP contribution in [-0.4, -0.2) is 18.8 Å². The maximum absolute atomic E-state index is 6.37. The van der Waals surface area contributed by atoms with Crippen molar-refractivity contribution in [3.8, 4) is 0 Å². The van der Waals surface area contributed by atoms with Gasteiger partial charge in [-0.3, -0.25) is 0 Å². The molecule has 1 saturated carbocycles. The van der Waals surface area contributed by atoms with Crippen LogP contribution in [-0.2, 0) is 11.2 Å². The summed E-state index contributed by atoms with van der Waals surface area (Å²) in [6, 6.07) is 8.71. The van der Waals surface area contributed by atoms with Crippen molar-refractivity contribution < 1.29 is 4.74 Å². The van der Waals surface area contributed by atoms with Crippen LogP contribution in [0.15, 0.2) is 24.3 Å². The molecule has 0 spiro atoms. The zero-order valence-corrected chi connectivity index (χ0v) is 12.4. The largest absolute Gasteiger partial charge is 0.377 e. The molecule has 0 amide bonds. The Bertz CT molecular complexity index is 357. The van der Waals surface area contributed by atoms with Crippen molar-refractivity contribution in [2.45, 2.75) is 43.7 Å². The minimum Gasteiger partial charge on any atom is -0.377 e. The van der Waals surface area contributed by atoms with Crippen LogP contribution in [0, 0.1) is 3.57 Å². The molecule has 1 atom stereocenters. The highest BCUT2D eigenvalue weighted by molar-refractivity contribution is 14.1. The molecule has 0 bridgehead atoms. The summed E-state index contributed by atoms with van der Waals surface area (Å²) in [6.45, 7) is 0. The number of nitrogens with two attached hydrogens (primary N) is 1. The van der Waals surface area contributed by atoms with Gasteiger partial charge in [0.1, 0.15) is 0 Å². The van der Waals surface area contributed by atoms with Gasteiger partial charge in [0.25, 0.3) is 0 Å². The second-order valence-corrected chi connectivity index (χ2v) is 6.16. The molecule has 2 nitrogen and oxygen atoms in total. The van der Waals surface area contributed by atoms with E-state index in [0.29, 0.717) is 0 Å². The third-order valence-electron chi connectivity index (χ3n) is 3.90. The van der Waals surface area contributed by atoms with Crippen molar-refractivity contribution in [2.75, 3.05) is 7.11 Å². The molecule has 2 N–H and O–H groups in total. The van der Waals surface area contributed by atoms with Gasteiger partial charge in [0.15, 0.2) is 0 Å². The second kappa shape index (κ2) is 5.67. The Morgan fingerprint density at radius 3 is 2.41 bits per heavy atom. The molecule has 0 saturated heterocycles. The van der Waals surface area contributed by atoms with E-state index in [0.717, 1.165) is 19.3 Å². The molecule has 0 aromatic heterocycles. The monoisotopic (exact) mass is 345 g/mol. The normalized spacial score (nSPS) is 20.4. The zero-order valence-electron chi connectivity index (χ0n) is 10.3. The number of hydrogen-bond acceptors (Lipinski definition) is 2. The van der Waals surface area contributed by atoms with Crippen molar-refractivity contribution in [2.24, 2.45) is 5.73 Å². The summed E-state index contributed by atoms with van der Waals surface area (Å²) in [5, 5.41) is 0. The van der Waals surface area contributed by atoms with E-state index in [1.165, 1.54) is 22.0 Å². The topological polar surface area (TPSA) is 35.2 Å². The summed E-state index contributed by atoms with van der Waals surface area (Å²) < 4.78 is 7.00. The van der Waals surface area contributed by atoms with Gasteiger partial charge in [0.2, 0.25) is 0 Å². The number of benzene rings is 1. The fourth-order valence-corrected chi connectivity index (χ4v) is 3.12. The lowest BCUT2D eigenvalue weighted by molar-refractivity contribution is -0.0253. The van der Waals surface area contributed by atoms with Crippen molar-refractivity contribution in [1.29, 1.82) is 0 Å². The molecule has 1 aliphatic carbocycles. The van der Waals surface area contributed by atoms with Gasteiger partial charge in [-0.1, -0.05) is 25.0 Å². The Labute approximate surface area is 117 Å². The first-order valence-corrected chi connectivity index (χ1v) is 7.29. The maximum atomic E-state index is 6.37. The summed E-state index contributed by atoms with van der Waals surface area (Å²) in [4.78, 5) is 0. The third-order valence-corrected chi connectivity index (χ3v) is 4.62. The number of ether oxygens (including phenoxy) is 1. The van der Waals surface area contributed by atoms with E-state index in [1.54, 1.807) is 7.11 Å². The van der Waals surface area contributed by atoms with Gasteiger partial charge in [-0.15, -0.1) is 0 Å². The molecular formula is C14H20INO. The first kappa shape index (κ1) is 13.3. The fourth-order valence-electron chi connectivity index (χ4n) is 2.76. The molecule has 1 aliphatic rings. The minimum atomic E-state index is -0.0804. The van der Waals surface area contributed by atoms with Crippen LogP contribution in [0.5, 0.6) is 0 Å². The first-order valence-electron chi connectivity index (χ1n) is 6.21. The molecule has 1 aromatic rings. The predicted octanol–water partition coefficient (Wildman–Crippen LogP) is 3.12. The molecule has 0 heterocycles. The lowest BCUT2D eigenvalue weighted by Crippen LogP contribution is -2.48. The fraction of sp³-hybridized carbons (Fsp3) is 0.571. The third kappa shape index (κ3) is 3.01. The van der Waals surface area contributed by atoms with Crippen LogP contribution in [0.2, 0.25) is 0 Å². The van der Waals surface area contributed by atoms with Gasteiger partial charge in [-0.2, -0.15) is 0 Å². The Balaban J connectivity index is 2.05. The number of rotatable bonds is 4. The highest BCUT2D eigenvalue weighted by atomic mass is 127. The Morgan fingerprint density at radius 1 is 1.29 bits per heavy atom. The van der Waals surface area contributed by atoms with E-state index in [9.17, 15) is 0 Å². The summed E-state index contributed by atoms with van der Waals surface area (Å²) >= 11 is 2.32. The molecule has 1 fully saturated rings. The lowest BCUT2D eigenvalue weighted by atomic mass is 9.88. The van der Waals surface area contributed by atoms with E-state index in [4.69, 9.17) is 10.5 Å². The Hall–Kier alpha value is -0.130. The van der Waals surface area contributed by atoms with Crippen LogP contribution < -0.4 is 5.73 Å². The van der Waals surface area contributed by atoms with E-state index < -0.39 is 0 Å². The van der Waals surface area contributed by atoms with Gasteiger partial charge in [-0.05, 0) is 59.5 Å². The van der Waals surface area contributed by atoms with Crippen molar-refractivity contribution in [1.82, 2.24) is 0 Å². The van der Waals surface area contributed by atoms with Crippen molar-refractivity contribution in [3.05, 3.63) is 33.4 Å². The molecule has 1 unspecified atom stereocenters. The Morgan fingerprint density at radius 2 is 1.88 bits per heavy atom. The maximum Gasteiger partial charge on any atom is 0.0832 e. The summed E-state index contributed by atoms with van der Waals surface area (Å²) in [6.07, 6.45) is 5.61. The first-order chi connectivity index (χ1) is 8.16. The smallest absolute Gasteiger partial charge is 0.0832 e. The van der Waals surface area contributed by atoms with Crippen LogP contribution in [0.1, 0.15) is 31.2 Å². The van der Waals surface area contributed by atoms with E-state index in [1.807, 2.05) is 0 Å². The summed E-state index contributed by atoms with van der Waals surface area (Å²) in [5.74, 6) is 0. The van der Waals surface area contributed by atoms with Crippen molar-refractivity contribution in [3.63, 3.8) is 0 Å². The average molecular weight is 345 g/mol. The summed E-state index contributed by atoms with van der Waals surface area (Å²) in [7, 11) is 1.80. The van der Waals surface area contributed by atoms with Crippen LogP contribution >= 0.6 is 22.6 Å². The van der Waals surface area contributed by atoms with Gasteiger partial charge < -0.3 is 10.5 Å². The van der Waals surface area contributed by atoms with Crippen LogP contribution in [0.25, 0.3) is 0 Å². The quantitative estimate of drug-likeness (QED) is 0.851. The average Bonchev–Trinajstić information content (AvgIpc) is 2.82.